The van der Waals surface area contributed by atoms with Crippen molar-refractivity contribution in [2.45, 2.75) is 12.8 Å². The summed E-state index contributed by atoms with van der Waals surface area (Å²) in [5.41, 5.74) is 0.984. The Kier molecular flexibility index (Phi) is 4.42. The summed E-state index contributed by atoms with van der Waals surface area (Å²) in [5, 5.41) is 3.27. The van der Waals surface area contributed by atoms with Crippen LogP contribution in [0.2, 0.25) is 5.02 Å². The number of benzene rings is 1. The minimum Gasteiger partial charge on any atom is -0.359 e. The van der Waals surface area contributed by atoms with Crippen LogP contribution < -0.4 is 5.32 Å². The van der Waals surface area contributed by atoms with Crippen LogP contribution in [0.5, 0.6) is 0 Å². The van der Waals surface area contributed by atoms with E-state index in [4.69, 9.17) is 11.6 Å². The molecule has 0 aliphatic carbocycles. The van der Waals surface area contributed by atoms with Crippen LogP contribution in [0, 0.1) is 0 Å². The fraction of sp³-hybridized carbons (Fsp3) is 0.300. The minimum absolute atomic E-state index is 0.0248. The number of nitrogens with one attached hydrogen (secondary N) is 1. The van der Waals surface area contributed by atoms with Crippen LogP contribution >= 0.6 is 27.5 Å². The molecule has 0 unspecified atom stereocenters. The first-order chi connectivity index (χ1) is 6.65. The second kappa shape index (κ2) is 5.37. The van der Waals surface area contributed by atoms with Gasteiger partial charge in [0.05, 0.1) is 0 Å². The van der Waals surface area contributed by atoms with Gasteiger partial charge in [0.25, 0.3) is 0 Å². The molecule has 1 aromatic carbocycles. The molecule has 0 spiro atoms. The lowest BCUT2D eigenvalue weighted by Crippen LogP contribution is -2.18. The van der Waals surface area contributed by atoms with Crippen molar-refractivity contribution in [1.82, 2.24) is 5.32 Å². The maximum Gasteiger partial charge on any atom is 0.220 e. The van der Waals surface area contributed by atoms with Crippen LogP contribution in [0.3, 0.4) is 0 Å². The van der Waals surface area contributed by atoms with Crippen molar-refractivity contribution in [1.29, 1.82) is 0 Å². The van der Waals surface area contributed by atoms with Crippen molar-refractivity contribution in [3.8, 4) is 0 Å². The molecule has 1 N–H and O–H groups in total. The van der Waals surface area contributed by atoms with Gasteiger partial charge in [-0.05, 0) is 24.1 Å². The second-order valence-corrected chi connectivity index (χ2v) is 4.13. The van der Waals surface area contributed by atoms with Crippen molar-refractivity contribution in [2.24, 2.45) is 0 Å². The van der Waals surface area contributed by atoms with E-state index < -0.39 is 0 Å². The monoisotopic (exact) mass is 275 g/mol. The molecule has 0 bridgehead atoms. The Morgan fingerprint density at radius 2 is 2.29 bits per heavy atom. The van der Waals surface area contributed by atoms with Crippen LogP contribution in [0.4, 0.5) is 0 Å². The summed E-state index contributed by atoms with van der Waals surface area (Å²) in [6.45, 7) is 0. The first kappa shape index (κ1) is 11.5. The summed E-state index contributed by atoms with van der Waals surface area (Å²) >= 11 is 9.40. The molecule has 1 amide bonds. The maximum atomic E-state index is 11.0. The Labute approximate surface area is 96.8 Å². The highest BCUT2D eigenvalue weighted by Crippen LogP contribution is 2.25. The summed E-state index contributed by atoms with van der Waals surface area (Å²) in [6, 6.07) is 5.62. The maximum absolute atomic E-state index is 11.0. The van der Waals surface area contributed by atoms with Crippen LogP contribution in [0.1, 0.15) is 12.0 Å². The van der Waals surface area contributed by atoms with Gasteiger partial charge in [0, 0.05) is 23.0 Å². The third-order valence-corrected chi connectivity index (χ3v) is 3.04. The number of carbonyl (C=O) groups is 1. The molecule has 0 radical (unpaired) electrons. The van der Waals surface area contributed by atoms with Crippen molar-refractivity contribution >= 4 is 33.4 Å². The summed E-state index contributed by atoms with van der Waals surface area (Å²) in [7, 11) is 1.63. The Balaban J connectivity index is 2.71. The SMILES string of the molecule is CNC(=O)CCc1c(Cl)cccc1Br. The van der Waals surface area contributed by atoms with E-state index in [9.17, 15) is 4.79 Å². The largest absolute Gasteiger partial charge is 0.359 e. The number of amides is 1. The highest BCUT2D eigenvalue weighted by molar-refractivity contribution is 9.10. The Morgan fingerprint density at radius 1 is 1.57 bits per heavy atom. The van der Waals surface area contributed by atoms with Crippen molar-refractivity contribution < 1.29 is 4.79 Å². The lowest BCUT2D eigenvalue weighted by atomic mass is 10.1. The Bertz CT molecular complexity index is 321. The molecule has 0 heterocycles. The van der Waals surface area contributed by atoms with Gasteiger partial charge in [0.15, 0.2) is 0 Å². The second-order valence-electron chi connectivity index (χ2n) is 2.87. The van der Waals surface area contributed by atoms with Crippen LogP contribution in [0.25, 0.3) is 0 Å². The van der Waals surface area contributed by atoms with Gasteiger partial charge in [-0.2, -0.15) is 0 Å². The fourth-order valence-corrected chi connectivity index (χ4v) is 2.08. The molecule has 4 heteroatoms. The molecule has 0 fully saturated rings. The number of hydrogen-bond donors (Lipinski definition) is 1. The zero-order valence-electron chi connectivity index (χ0n) is 7.81. The highest BCUT2D eigenvalue weighted by Gasteiger charge is 2.06. The van der Waals surface area contributed by atoms with Gasteiger partial charge in [-0.15, -0.1) is 0 Å². The van der Waals surface area contributed by atoms with Gasteiger partial charge < -0.3 is 5.32 Å². The molecule has 0 saturated heterocycles. The van der Waals surface area contributed by atoms with Crippen LogP contribution in [-0.4, -0.2) is 13.0 Å². The van der Waals surface area contributed by atoms with E-state index in [2.05, 4.69) is 21.2 Å². The molecule has 76 valence electrons. The van der Waals surface area contributed by atoms with Gasteiger partial charge >= 0.3 is 0 Å². The molecule has 14 heavy (non-hydrogen) atoms. The third-order valence-electron chi connectivity index (χ3n) is 1.94. The molecular weight excluding hydrogens is 265 g/mol. The molecule has 1 aromatic rings. The molecule has 0 atom stereocenters. The predicted octanol–water partition coefficient (Wildman–Crippen LogP) is 2.78. The molecule has 0 saturated carbocycles. The van der Waals surface area contributed by atoms with Gasteiger partial charge in [0.2, 0.25) is 5.91 Å². The van der Waals surface area contributed by atoms with Crippen molar-refractivity contribution in [2.75, 3.05) is 7.05 Å². The van der Waals surface area contributed by atoms with Crippen molar-refractivity contribution in [3.05, 3.63) is 33.3 Å². The quantitative estimate of drug-likeness (QED) is 0.904. The molecule has 0 aliphatic heterocycles. The average Bonchev–Trinajstić information content (AvgIpc) is 2.16. The zero-order valence-corrected chi connectivity index (χ0v) is 10.2. The van der Waals surface area contributed by atoms with E-state index in [1.807, 2.05) is 18.2 Å². The van der Waals surface area contributed by atoms with Crippen LogP contribution in [-0.2, 0) is 11.2 Å². The minimum atomic E-state index is 0.0248. The normalized spacial score (nSPS) is 9.93. The molecule has 1 rings (SSSR count). The lowest BCUT2D eigenvalue weighted by Gasteiger charge is -2.05. The first-order valence-electron chi connectivity index (χ1n) is 4.28. The average molecular weight is 277 g/mol. The third kappa shape index (κ3) is 3.00. The van der Waals surface area contributed by atoms with E-state index in [1.54, 1.807) is 7.05 Å². The van der Waals surface area contributed by atoms with E-state index in [0.29, 0.717) is 17.9 Å². The van der Waals surface area contributed by atoms with Gasteiger partial charge in [-0.1, -0.05) is 33.6 Å². The molecule has 0 aliphatic rings. The van der Waals surface area contributed by atoms with E-state index >= 15 is 0 Å². The standard InChI is InChI=1S/C10H11BrClNO/c1-13-10(14)6-5-7-8(11)3-2-4-9(7)12/h2-4H,5-6H2,1H3,(H,13,14). The summed E-state index contributed by atoms with van der Waals surface area (Å²) in [4.78, 5) is 11.0. The number of rotatable bonds is 3. The van der Waals surface area contributed by atoms with Crippen molar-refractivity contribution in [3.63, 3.8) is 0 Å². The molecule has 0 aromatic heterocycles. The number of halogens is 2. The van der Waals surface area contributed by atoms with E-state index in [0.717, 1.165) is 10.0 Å². The summed E-state index contributed by atoms with van der Waals surface area (Å²) in [5.74, 6) is 0.0248. The highest BCUT2D eigenvalue weighted by atomic mass is 79.9. The van der Waals surface area contributed by atoms with Gasteiger partial charge in [-0.3, -0.25) is 4.79 Å². The predicted molar refractivity (Wildman–Crippen MR) is 61.5 cm³/mol. The van der Waals surface area contributed by atoms with Crippen LogP contribution in [0.15, 0.2) is 22.7 Å². The van der Waals surface area contributed by atoms with E-state index in [1.165, 1.54) is 0 Å². The Hall–Kier alpha value is -0.540. The Morgan fingerprint density at radius 3 is 2.86 bits per heavy atom. The fourth-order valence-electron chi connectivity index (χ4n) is 1.13. The molecule has 2 nitrogen and oxygen atoms in total. The summed E-state index contributed by atoms with van der Waals surface area (Å²) < 4.78 is 0.953. The number of hydrogen-bond acceptors (Lipinski definition) is 1. The number of carbonyl (C=O) groups excluding carboxylic acids is 1. The summed E-state index contributed by atoms with van der Waals surface area (Å²) in [6.07, 6.45) is 1.11. The topological polar surface area (TPSA) is 29.1 Å². The lowest BCUT2D eigenvalue weighted by molar-refractivity contribution is -0.120. The molecular formula is C10H11BrClNO. The van der Waals surface area contributed by atoms with Gasteiger partial charge in [-0.25, -0.2) is 0 Å². The smallest absolute Gasteiger partial charge is 0.220 e. The van der Waals surface area contributed by atoms with E-state index in [-0.39, 0.29) is 5.91 Å². The first-order valence-corrected chi connectivity index (χ1v) is 5.45. The zero-order chi connectivity index (χ0) is 10.6. The van der Waals surface area contributed by atoms with Gasteiger partial charge in [0.1, 0.15) is 0 Å².